The lowest BCUT2D eigenvalue weighted by molar-refractivity contribution is 0.121. The van der Waals surface area contributed by atoms with Crippen LogP contribution in [-0.4, -0.2) is 51.4 Å². The summed E-state index contributed by atoms with van der Waals surface area (Å²) >= 11 is -0.876. The average Bonchev–Trinajstić information content (AvgIpc) is 2.82. The molecule has 0 aromatic carbocycles. The van der Waals surface area contributed by atoms with E-state index in [0.717, 1.165) is 5.75 Å². The van der Waals surface area contributed by atoms with Crippen molar-refractivity contribution in [2.45, 2.75) is 95.8 Å². The molecule has 2 aliphatic rings. The molecule has 4 atom stereocenters. The normalized spacial score (nSPS) is 34.8. The summed E-state index contributed by atoms with van der Waals surface area (Å²) in [6, 6.07) is 0. The second-order valence-corrected chi connectivity index (χ2v) is 20.3. The molecule has 0 aliphatic carbocycles. The summed E-state index contributed by atoms with van der Waals surface area (Å²) in [6.07, 6.45) is 0.744. The van der Waals surface area contributed by atoms with Crippen LogP contribution in [0.5, 0.6) is 0 Å². The third kappa shape index (κ3) is 4.00. The Morgan fingerprint density at radius 1 is 0.885 bits per heavy atom. The first-order chi connectivity index (χ1) is 12.0. The molecule has 0 radical (unpaired) electrons. The summed E-state index contributed by atoms with van der Waals surface area (Å²) in [5, 5.41) is -0.0135. The van der Waals surface area contributed by atoms with Crippen molar-refractivity contribution in [1.29, 1.82) is 0 Å². The number of rotatable bonds is 4. The lowest BCUT2D eigenvalue weighted by atomic mass is 10.1. The zero-order valence-corrected chi connectivity index (χ0v) is 21.0. The second kappa shape index (κ2) is 8.55. The molecule has 2 aliphatic heterocycles. The van der Waals surface area contributed by atoms with E-state index >= 15 is 0 Å². The third-order valence-corrected chi connectivity index (χ3v) is 18.5. The fourth-order valence-corrected chi connectivity index (χ4v) is 15.3. The van der Waals surface area contributed by atoms with E-state index in [0.29, 0.717) is 40.9 Å². The Morgan fingerprint density at radius 2 is 1.42 bits per heavy atom. The maximum absolute atomic E-state index is 12.8. The van der Waals surface area contributed by atoms with Gasteiger partial charge in [0.15, 0.2) is 5.25 Å². The van der Waals surface area contributed by atoms with Gasteiger partial charge < -0.3 is 17.8 Å². The Bertz CT molecular complexity index is 456. The van der Waals surface area contributed by atoms with Crippen molar-refractivity contribution in [2.24, 2.45) is 5.92 Å². The molecule has 0 bridgehead atoms. The van der Waals surface area contributed by atoms with Crippen LogP contribution in [0.3, 0.4) is 0 Å². The van der Waals surface area contributed by atoms with Crippen molar-refractivity contribution in [2.75, 3.05) is 18.6 Å². The molecule has 0 N–H and O–H groups in total. The van der Waals surface area contributed by atoms with Crippen molar-refractivity contribution in [3.63, 3.8) is 0 Å². The van der Waals surface area contributed by atoms with E-state index < -0.39 is 28.1 Å². The smallest absolute Gasteiger partial charge is 0.343 e. The van der Waals surface area contributed by atoms with Crippen molar-refractivity contribution in [1.82, 2.24) is 0 Å². The lowest BCUT2D eigenvalue weighted by Gasteiger charge is -2.43. The molecule has 0 unspecified atom stereocenters. The van der Waals surface area contributed by atoms with Crippen LogP contribution in [0.1, 0.15) is 62.3 Å². The van der Waals surface area contributed by atoms with Gasteiger partial charge in [0.05, 0.1) is 12.8 Å². The van der Waals surface area contributed by atoms with Gasteiger partial charge in [-0.3, -0.25) is 0 Å². The van der Waals surface area contributed by atoms with Crippen LogP contribution < -0.4 is 0 Å². The minimum Gasteiger partial charge on any atom is -0.616 e. The van der Waals surface area contributed by atoms with Gasteiger partial charge in [-0.1, -0.05) is 62.3 Å². The Hall–Kier alpha value is 0.624. The molecular formula is C19H40O4SSi2. The van der Waals surface area contributed by atoms with Gasteiger partial charge in [0.2, 0.25) is 8.32 Å². The van der Waals surface area contributed by atoms with Crippen molar-refractivity contribution in [3.05, 3.63) is 0 Å². The SMILES string of the molecule is CC(C)[Si]1(C(C)C)CO[Si](C(C)C)(C(C)C)OC[C@@H]2[C@@H](O1)[C@@H](C)C[S@@+]2[O-]. The highest BCUT2D eigenvalue weighted by Crippen LogP contribution is 2.44. The zero-order chi connectivity index (χ0) is 19.9. The fourth-order valence-electron chi connectivity index (χ4n) is 4.73. The summed E-state index contributed by atoms with van der Waals surface area (Å²) in [6.45, 7) is 20.8. The van der Waals surface area contributed by atoms with E-state index in [1.165, 1.54) is 0 Å². The molecule has 0 saturated carbocycles. The number of hydrogen-bond acceptors (Lipinski definition) is 4. The molecule has 7 heteroatoms. The monoisotopic (exact) mass is 420 g/mol. The van der Waals surface area contributed by atoms with Crippen LogP contribution in [0.2, 0.25) is 22.2 Å². The van der Waals surface area contributed by atoms with Crippen LogP contribution in [0.4, 0.5) is 0 Å². The highest BCUT2D eigenvalue weighted by atomic mass is 32.2. The fraction of sp³-hybridized carbons (Fsp3) is 1.00. The predicted octanol–water partition coefficient (Wildman–Crippen LogP) is 4.75. The van der Waals surface area contributed by atoms with E-state index in [4.69, 9.17) is 13.3 Å². The van der Waals surface area contributed by atoms with Gasteiger partial charge in [0.25, 0.3) is 0 Å². The number of fused-ring (bicyclic) bond motifs is 1. The molecule has 0 amide bonds. The van der Waals surface area contributed by atoms with Crippen molar-refractivity contribution >= 4 is 28.1 Å². The standard InChI is InChI=1S/C19H40O4SSi2/c1-13(2)25(14(3)4)12-22-26(15(5)6,16(7)8)21-10-18-19(23-25)17(9)11-24(18)20/h13-19H,10-12H2,1-9H3/t17-,18+,19-,24+/m0/s1. The van der Waals surface area contributed by atoms with Crippen LogP contribution in [-0.2, 0) is 24.5 Å². The molecule has 0 aromatic heterocycles. The van der Waals surface area contributed by atoms with Crippen LogP contribution >= 0.6 is 0 Å². The van der Waals surface area contributed by atoms with E-state index in [2.05, 4.69) is 62.3 Å². The first-order valence-electron chi connectivity index (χ1n) is 10.3. The lowest BCUT2D eigenvalue weighted by Crippen LogP contribution is -2.57. The first kappa shape index (κ1) is 22.9. The highest BCUT2D eigenvalue weighted by molar-refractivity contribution is 7.92. The Labute approximate surface area is 166 Å². The van der Waals surface area contributed by atoms with E-state index in [1.807, 2.05) is 0 Å². The molecule has 2 saturated heterocycles. The van der Waals surface area contributed by atoms with Gasteiger partial charge in [-0.2, -0.15) is 0 Å². The largest absolute Gasteiger partial charge is 0.616 e. The van der Waals surface area contributed by atoms with Gasteiger partial charge in [0.1, 0.15) is 11.9 Å². The van der Waals surface area contributed by atoms with E-state index in [-0.39, 0.29) is 11.4 Å². The molecule has 2 fully saturated rings. The van der Waals surface area contributed by atoms with Crippen molar-refractivity contribution < 1.29 is 17.8 Å². The van der Waals surface area contributed by atoms with Gasteiger partial charge >= 0.3 is 8.56 Å². The Balaban J connectivity index is 2.51. The van der Waals surface area contributed by atoms with Gasteiger partial charge in [-0.05, 0) is 33.3 Å². The summed E-state index contributed by atoms with van der Waals surface area (Å²) in [7, 11) is -4.62. The number of hydrogen-bond donors (Lipinski definition) is 0. The molecule has 0 aromatic rings. The predicted molar refractivity (Wildman–Crippen MR) is 115 cm³/mol. The quantitative estimate of drug-likeness (QED) is 0.486. The third-order valence-electron chi connectivity index (χ3n) is 6.61. The van der Waals surface area contributed by atoms with Gasteiger partial charge in [-0.15, -0.1) is 0 Å². The molecule has 0 spiro atoms. The Kier molecular flexibility index (Phi) is 7.53. The van der Waals surface area contributed by atoms with Crippen molar-refractivity contribution in [3.8, 4) is 0 Å². The maximum Gasteiger partial charge on any atom is 0.343 e. The topological polar surface area (TPSA) is 50.8 Å². The molecule has 2 rings (SSSR count). The van der Waals surface area contributed by atoms with Crippen LogP contribution in [0.25, 0.3) is 0 Å². The van der Waals surface area contributed by atoms with E-state index in [9.17, 15) is 4.55 Å². The maximum atomic E-state index is 12.8. The summed E-state index contributed by atoms with van der Waals surface area (Å²) in [4.78, 5) is 0. The molecular weight excluding hydrogens is 380 g/mol. The summed E-state index contributed by atoms with van der Waals surface area (Å²) in [5.41, 5.74) is 1.62. The molecule has 154 valence electrons. The first-order valence-corrected chi connectivity index (χ1v) is 15.9. The molecule has 2 heterocycles. The van der Waals surface area contributed by atoms with E-state index in [1.54, 1.807) is 0 Å². The molecule has 4 nitrogen and oxygen atoms in total. The highest BCUT2D eigenvalue weighted by Gasteiger charge is 2.57. The summed E-state index contributed by atoms with van der Waals surface area (Å²) in [5.74, 6) is 1.05. The van der Waals surface area contributed by atoms with Gasteiger partial charge in [-0.25, -0.2) is 0 Å². The van der Waals surface area contributed by atoms with Gasteiger partial charge in [0, 0.05) is 5.92 Å². The summed E-state index contributed by atoms with van der Waals surface area (Å²) < 4.78 is 33.3. The minimum atomic E-state index is -2.42. The second-order valence-electron chi connectivity index (χ2n) is 9.54. The minimum absolute atomic E-state index is 0.0135. The Morgan fingerprint density at radius 3 is 1.88 bits per heavy atom. The molecule has 26 heavy (non-hydrogen) atoms. The van der Waals surface area contributed by atoms with Crippen LogP contribution in [0, 0.1) is 5.92 Å². The zero-order valence-electron chi connectivity index (χ0n) is 18.2. The van der Waals surface area contributed by atoms with Crippen LogP contribution in [0.15, 0.2) is 0 Å². The average molecular weight is 421 g/mol.